The maximum Gasteiger partial charge on any atom is 0.0427 e. The van der Waals surface area contributed by atoms with Crippen LogP contribution in [0.1, 0.15) is 38.2 Å². The van der Waals surface area contributed by atoms with Gasteiger partial charge in [-0.05, 0) is 43.7 Å². The summed E-state index contributed by atoms with van der Waals surface area (Å²) in [5.41, 5.74) is 3.27. The van der Waals surface area contributed by atoms with Crippen molar-refractivity contribution in [3.63, 3.8) is 0 Å². The van der Waals surface area contributed by atoms with Crippen LogP contribution in [0.3, 0.4) is 0 Å². The molecular formula is C15H22N2. The lowest BCUT2D eigenvalue weighted by Gasteiger charge is -2.43. The molecule has 0 radical (unpaired) electrons. The highest BCUT2D eigenvalue weighted by Crippen LogP contribution is 2.35. The number of hydrogen-bond acceptors (Lipinski definition) is 2. The van der Waals surface area contributed by atoms with E-state index in [-0.39, 0.29) is 0 Å². The molecule has 3 rings (SSSR count). The van der Waals surface area contributed by atoms with Crippen LogP contribution in [0.4, 0.5) is 5.69 Å². The summed E-state index contributed by atoms with van der Waals surface area (Å²) in [5.74, 6) is 0. The van der Waals surface area contributed by atoms with Gasteiger partial charge in [0.25, 0.3) is 0 Å². The summed E-state index contributed by atoms with van der Waals surface area (Å²) in [4.78, 5) is 0. The van der Waals surface area contributed by atoms with E-state index in [4.69, 9.17) is 0 Å². The predicted molar refractivity (Wildman–Crippen MR) is 72.4 cm³/mol. The van der Waals surface area contributed by atoms with Crippen molar-refractivity contribution in [2.75, 3.05) is 11.9 Å². The normalized spacial score (nSPS) is 24.9. The second kappa shape index (κ2) is 4.34. The Morgan fingerprint density at radius 1 is 1.35 bits per heavy atom. The number of benzene rings is 1. The Morgan fingerprint density at radius 2 is 2.18 bits per heavy atom. The van der Waals surface area contributed by atoms with Crippen LogP contribution >= 0.6 is 0 Å². The van der Waals surface area contributed by atoms with Crippen molar-refractivity contribution >= 4 is 5.69 Å². The number of para-hydroxylation sites is 1. The Balaban J connectivity index is 1.55. The first-order chi connectivity index (χ1) is 8.31. The highest BCUT2D eigenvalue weighted by Gasteiger charge is 2.35. The lowest BCUT2D eigenvalue weighted by Crippen LogP contribution is -2.53. The van der Waals surface area contributed by atoms with Crippen molar-refractivity contribution < 1.29 is 0 Å². The van der Waals surface area contributed by atoms with Crippen molar-refractivity contribution in [3.05, 3.63) is 29.8 Å². The topological polar surface area (TPSA) is 24.1 Å². The Kier molecular flexibility index (Phi) is 2.83. The van der Waals surface area contributed by atoms with E-state index in [2.05, 4.69) is 41.8 Å². The molecular weight excluding hydrogens is 208 g/mol. The Bertz CT molecular complexity index is 365. The Morgan fingerprint density at radius 3 is 2.82 bits per heavy atom. The predicted octanol–water partition coefficient (Wildman–Crippen LogP) is 2.95. The first kappa shape index (κ1) is 11.1. The number of nitrogens with one attached hydrogen (secondary N) is 2. The van der Waals surface area contributed by atoms with Crippen LogP contribution in [0.25, 0.3) is 0 Å². The van der Waals surface area contributed by atoms with Crippen LogP contribution in [0.2, 0.25) is 0 Å². The maximum atomic E-state index is 3.80. The fraction of sp³-hybridized carbons (Fsp3) is 0.600. The van der Waals surface area contributed by atoms with Gasteiger partial charge in [-0.25, -0.2) is 0 Å². The third-order valence-electron chi connectivity index (χ3n) is 4.55. The summed E-state index contributed by atoms with van der Waals surface area (Å²) in [6.45, 7) is 3.41. The summed E-state index contributed by atoms with van der Waals surface area (Å²) in [5, 5.41) is 7.41. The van der Waals surface area contributed by atoms with Crippen LogP contribution in [0.5, 0.6) is 0 Å². The van der Waals surface area contributed by atoms with Gasteiger partial charge in [0, 0.05) is 23.8 Å². The first-order valence-electron chi connectivity index (χ1n) is 6.91. The number of hydrogen-bond donors (Lipinski definition) is 2. The number of fused-ring (bicyclic) bond motifs is 1. The van der Waals surface area contributed by atoms with Gasteiger partial charge in [0.2, 0.25) is 0 Å². The minimum Gasteiger partial charge on any atom is -0.380 e. The average Bonchev–Trinajstić information content (AvgIpc) is 2.71. The van der Waals surface area contributed by atoms with E-state index in [0.29, 0.717) is 11.6 Å². The molecule has 2 nitrogen and oxygen atoms in total. The Hall–Kier alpha value is -1.02. The van der Waals surface area contributed by atoms with Crippen LogP contribution in [0.15, 0.2) is 24.3 Å². The molecule has 1 unspecified atom stereocenters. The summed E-state index contributed by atoms with van der Waals surface area (Å²) < 4.78 is 0. The molecule has 17 heavy (non-hydrogen) atoms. The van der Waals surface area contributed by atoms with Crippen molar-refractivity contribution in [3.8, 4) is 0 Å². The fourth-order valence-electron chi connectivity index (χ4n) is 3.10. The second-order valence-corrected chi connectivity index (χ2v) is 5.57. The van der Waals surface area contributed by atoms with Crippen molar-refractivity contribution in [1.29, 1.82) is 0 Å². The lowest BCUT2D eigenvalue weighted by molar-refractivity contribution is 0.176. The molecule has 0 aromatic heterocycles. The summed E-state index contributed by atoms with van der Waals surface area (Å²) in [6.07, 6.45) is 6.57. The summed E-state index contributed by atoms with van der Waals surface area (Å²) in [7, 11) is 0. The first-order valence-corrected chi connectivity index (χ1v) is 6.91. The van der Waals surface area contributed by atoms with Gasteiger partial charge in [-0.1, -0.05) is 25.1 Å². The largest absolute Gasteiger partial charge is 0.380 e. The number of rotatable bonds is 4. The van der Waals surface area contributed by atoms with E-state index in [1.165, 1.54) is 43.4 Å². The van der Waals surface area contributed by atoms with Gasteiger partial charge < -0.3 is 10.6 Å². The highest BCUT2D eigenvalue weighted by atomic mass is 15.1. The molecule has 1 heterocycles. The monoisotopic (exact) mass is 230 g/mol. The van der Waals surface area contributed by atoms with Crippen LogP contribution in [0, 0.1) is 0 Å². The van der Waals surface area contributed by atoms with E-state index >= 15 is 0 Å². The van der Waals surface area contributed by atoms with Crippen LogP contribution in [-0.4, -0.2) is 18.1 Å². The molecule has 0 saturated heterocycles. The van der Waals surface area contributed by atoms with Crippen molar-refractivity contribution in [2.24, 2.45) is 0 Å². The smallest absolute Gasteiger partial charge is 0.0427 e. The Labute approximate surface area is 104 Å². The third-order valence-corrected chi connectivity index (χ3v) is 4.55. The molecule has 1 fully saturated rings. The van der Waals surface area contributed by atoms with Gasteiger partial charge in [0.05, 0.1) is 0 Å². The molecule has 0 amide bonds. The number of anilines is 1. The molecule has 0 bridgehead atoms. The molecule has 1 aromatic carbocycles. The van der Waals surface area contributed by atoms with Crippen LogP contribution < -0.4 is 10.6 Å². The fourth-order valence-corrected chi connectivity index (χ4v) is 3.10. The van der Waals surface area contributed by atoms with E-state index < -0.39 is 0 Å². The molecule has 1 aromatic rings. The van der Waals surface area contributed by atoms with E-state index in [0.717, 1.165) is 6.54 Å². The van der Waals surface area contributed by atoms with Gasteiger partial charge in [-0.15, -0.1) is 0 Å². The van der Waals surface area contributed by atoms with Gasteiger partial charge in [-0.3, -0.25) is 0 Å². The molecule has 2 heteroatoms. The molecule has 1 saturated carbocycles. The summed E-state index contributed by atoms with van der Waals surface area (Å²) >= 11 is 0. The van der Waals surface area contributed by atoms with Gasteiger partial charge >= 0.3 is 0 Å². The third kappa shape index (κ3) is 2.06. The zero-order valence-corrected chi connectivity index (χ0v) is 10.6. The SMILES string of the molecule is CCC1(NCC2Cc3ccccc3N2)CCC1. The molecule has 2 aliphatic rings. The molecule has 92 valence electrons. The molecule has 2 N–H and O–H groups in total. The highest BCUT2D eigenvalue weighted by molar-refractivity contribution is 5.56. The zero-order valence-electron chi connectivity index (χ0n) is 10.6. The van der Waals surface area contributed by atoms with Crippen molar-refractivity contribution in [1.82, 2.24) is 5.32 Å². The molecule has 1 aliphatic carbocycles. The van der Waals surface area contributed by atoms with Crippen molar-refractivity contribution in [2.45, 2.75) is 50.6 Å². The summed E-state index contributed by atoms with van der Waals surface area (Å²) in [6, 6.07) is 9.25. The second-order valence-electron chi connectivity index (χ2n) is 5.57. The van der Waals surface area contributed by atoms with E-state index in [1.54, 1.807) is 0 Å². The minimum atomic E-state index is 0.469. The standard InChI is InChI=1S/C15H22N2/c1-2-15(8-5-9-15)16-11-13-10-12-6-3-4-7-14(12)17-13/h3-4,6-7,13,16-17H,2,5,8-11H2,1H3. The molecule has 1 atom stereocenters. The molecule has 0 spiro atoms. The zero-order chi connectivity index (χ0) is 11.7. The average molecular weight is 230 g/mol. The van der Waals surface area contributed by atoms with Gasteiger partial charge in [0.15, 0.2) is 0 Å². The quantitative estimate of drug-likeness (QED) is 0.831. The van der Waals surface area contributed by atoms with Gasteiger partial charge in [-0.2, -0.15) is 0 Å². The molecule has 1 aliphatic heterocycles. The maximum absolute atomic E-state index is 3.80. The van der Waals surface area contributed by atoms with Gasteiger partial charge in [0.1, 0.15) is 0 Å². The van der Waals surface area contributed by atoms with E-state index in [9.17, 15) is 0 Å². The van der Waals surface area contributed by atoms with E-state index in [1.807, 2.05) is 0 Å². The minimum absolute atomic E-state index is 0.469. The lowest BCUT2D eigenvalue weighted by atomic mass is 9.75. The van der Waals surface area contributed by atoms with Crippen LogP contribution in [-0.2, 0) is 6.42 Å².